The molecule has 4 aromatic rings. The van der Waals surface area contributed by atoms with Gasteiger partial charge in [-0.25, -0.2) is 24.3 Å². The number of allylic oxidation sites excluding steroid dienone is 1. The SMILES string of the molecule is C=C1OC(C)=C(COC(=O)[C@H]2C3CCC(CC3)[C@@H]2Nc2nc(-c3c[nH]c4ncc(Cl)nc34)nc(-c3cccs3)c2F)O1. The number of nitrogens with zero attached hydrogens (tertiary/aromatic N) is 4. The predicted molar refractivity (Wildman–Crippen MR) is 155 cm³/mol. The summed E-state index contributed by atoms with van der Waals surface area (Å²) in [5.74, 6) is 0.169. The molecule has 4 aliphatic rings. The summed E-state index contributed by atoms with van der Waals surface area (Å²) in [4.78, 5) is 35.2. The van der Waals surface area contributed by atoms with Gasteiger partial charge in [-0.1, -0.05) is 17.7 Å². The normalized spacial score (nSPS) is 23.3. The van der Waals surface area contributed by atoms with Crippen LogP contribution in [0, 0.1) is 23.6 Å². The van der Waals surface area contributed by atoms with E-state index in [9.17, 15) is 4.79 Å². The lowest BCUT2D eigenvalue weighted by Crippen LogP contribution is -2.52. The van der Waals surface area contributed by atoms with E-state index >= 15 is 4.39 Å². The van der Waals surface area contributed by atoms with E-state index in [0.29, 0.717) is 33.1 Å². The summed E-state index contributed by atoms with van der Waals surface area (Å²) in [6, 6.07) is 3.27. The molecule has 3 fully saturated rings. The van der Waals surface area contributed by atoms with Gasteiger partial charge in [-0.2, -0.15) is 0 Å². The summed E-state index contributed by atoms with van der Waals surface area (Å²) in [6.45, 7) is 5.30. The van der Waals surface area contributed by atoms with Gasteiger partial charge in [0.2, 0.25) is 0 Å². The van der Waals surface area contributed by atoms with E-state index in [2.05, 4.69) is 36.8 Å². The van der Waals surface area contributed by atoms with Crippen LogP contribution in [0.3, 0.4) is 0 Å². The Balaban J connectivity index is 1.24. The summed E-state index contributed by atoms with van der Waals surface area (Å²) in [5, 5.41) is 5.42. The van der Waals surface area contributed by atoms with Crippen LogP contribution < -0.4 is 5.32 Å². The van der Waals surface area contributed by atoms with Gasteiger partial charge in [0.1, 0.15) is 22.1 Å². The Hall–Kier alpha value is -4.03. The average Bonchev–Trinajstić information content (AvgIpc) is 3.73. The molecule has 2 bridgehead atoms. The largest absolute Gasteiger partial charge is 0.457 e. The highest BCUT2D eigenvalue weighted by Crippen LogP contribution is 2.47. The van der Waals surface area contributed by atoms with Gasteiger partial charge in [0.15, 0.2) is 35.5 Å². The van der Waals surface area contributed by atoms with Crippen molar-refractivity contribution >= 4 is 45.9 Å². The zero-order valence-corrected chi connectivity index (χ0v) is 24.1. The topological polar surface area (TPSA) is 124 Å². The van der Waals surface area contributed by atoms with E-state index in [4.69, 9.17) is 25.8 Å². The van der Waals surface area contributed by atoms with Crippen molar-refractivity contribution in [3.05, 3.63) is 64.9 Å². The van der Waals surface area contributed by atoms with Gasteiger partial charge in [-0.05, 0) is 62.5 Å². The number of rotatable bonds is 7. The highest BCUT2D eigenvalue weighted by atomic mass is 35.5. The predicted octanol–water partition coefficient (Wildman–Crippen LogP) is 6.45. The maximum Gasteiger partial charge on any atom is 0.311 e. The number of thiophene rings is 1. The first-order valence-corrected chi connectivity index (χ1v) is 14.9. The van der Waals surface area contributed by atoms with Crippen molar-refractivity contribution in [3.8, 4) is 22.0 Å². The minimum Gasteiger partial charge on any atom is -0.457 e. The van der Waals surface area contributed by atoms with E-state index in [0.717, 1.165) is 25.7 Å². The maximum absolute atomic E-state index is 16.2. The van der Waals surface area contributed by atoms with Crippen LogP contribution in [0.2, 0.25) is 5.15 Å². The van der Waals surface area contributed by atoms with Crippen molar-refractivity contribution in [2.75, 3.05) is 11.9 Å². The highest BCUT2D eigenvalue weighted by Gasteiger charge is 2.48. The Labute approximate surface area is 249 Å². The maximum atomic E-state index is 16.2. The Morgan fingerprint density at radius 3 is 2.79 bits per heavy atom. The fourth-order valence-corrected chi connectivity index (χ4v) is 7.10. The molecule has 3 saturated carbocycles. The van der Waals surface area contributed by atoms with Crippen molar-refractivity contribution in [3.63, 3.8) is 0 Å². The molecule has 2 atom stereocenters. The van der Waals surface area contributed by atoms with Crippen LogP contribution in [0.1, 0.15) is 32.6 Å². The van der Waals surface area contributed by atoms with Gasteiger partial charge < -0.3 is 24.5 Å². The standard InChI is InChI=1S/C29H26ClFN6O4S/c1-13-18(41-14(2)40-13)12-39-29(38)21-15-5-7-16(8-6-15)23(21)35-27-22(31)25(19-4-3-9-42-19)36-26(37-27)17-10-32-28-24(17)34-20(30)11-33-28/h3-4,9-11,15-16,21,23H,2,5-8,12H2,1H3,(H,32,33)(H,35,36,37)/t15?,16?,21-,23-/m0/s1. The Bertz CT molecular complexity index is 1730. The van der Waals surface area contributed by atoms with Gasteiger partial charge in [0.25, 0.3) is 5.95 Å². The molecule has 1 aliphatic heterocycles. The van der Waals surface area contributed by atoms with Crippen LogP contribution >= 0.6 is 22.9 Å². The number of ether oxygens (including phenoxy) is 3. The number of halogens is 2. The molecule has 13 heteroatoms. The van der Waals surface area contributed by atoms with Gasteiger partial charge in [-0.3, -0.25) is 4.79 Å². The quantitative estimate of drug-likeness (QED) is 0.228. The van der Waals surface area contributed by atoms with Crippen molar-refractivity contribution < 1.29 is 23.4 Å². The molecule has 0 unspecified atom stereocenters. The fraction of sp³-hybridized carbons (Fsp3) is 0.345. The zero-order chi connectivity index (χ0) is 29.0. The summed E-state index contributed by atoms with van der Waals surface area (Å²) >= 11 is 7.50. The number of esters is 1. The molecular formula is C29H26ClFN6O4S. The molecule has 0 amide bonds. The molecular weight excluding hydrogens is 583 g/mol. The third-order valence-electron chi connectivity index (χ3n) is 8.23. The molecule has 4 aromatic heterocycles. The van der Waals surface area contributed by atoms with Gasteiger partial charge in [0.05, 0.1) is 22.6 Å². The number of H-pyrrole nitrogens is 1. The number of aromatic amines is 1. The molecule has 0 spiro atoms. The molecule has 2 N–H and O–H groups in total. The van der Waals surface area contributed by atoms with Crippen molar-refractivity contribution in [1.82, 2.24) is 24.9 Å². The fourth-order valence-electron chi connectivity index (χ4n) is 6.26. The molecule has 8 rings (SSSR count). The van der Waals surface area contributed by atoms with Crippen molar-refractivity contribution in [1.29, 1.82) is 0 Å². The second-order valence-electron chi connectivity index (χ2n) is 10.7. The molecule has 216 valence electrons. The zero-order valence-electron chi connectivity index (χ0n) is 22.5. The highest BCUT2D eigenvalue weighted by molar-refractivity contribution is 7.13. The first-order valence-electron chi connectivity index (χ1n) is 13.6. The summed E-state index contributed by atoms with van der Waals surface area (Å²) in [6.07, 6.45) is 6.80. The van der Waals surface area contributed by atoms with E-state index < -0.39 is 11.7 Å². The molecule has 10 nitrogen and oxygen atoms in total. The number of aromatic nitrogens is 5. The lowest BCUT2D eigenvalue weighted by molar-refractivity contribution is -0.155. The molecule has 0 aromatic carbocycles. The minimum absolute atomic E-state index is 0.0189. The number of anilines is 1. The Morgan fingerprint density at radius 2 is 2.05 bits per heavy atom. The summed E-state index contributed by atoms with van der Waals surface area (Å²) in [5.41, 5.74) is 1.67. The second kappa shape index (κ2) is 10.7. The number of hydrogen-bond acceptors (Lipinski definition) is 10. The van der Waals surface area contributed by atoms with E-state index in [1.54, 1.807) is 19.2 Å². The number of hydrogen-bond donors (Lipinski definition) is 2. The number of nitrogens with one attached hydrogen (secondary N) is 2. The van der Waals surface area contributed by atoms with Gasteiger partial charge in [-0.15, -0.1) is 11.3 Å². The first kappa shape index (κ1) is 26.8. The van der Waals surface area contributed by atoms with Crippen LogP contribution in [0.4, 0.5) is 10.2 Å². The van der Waals surface area contributed by atoms with Gasteiger partial charge in [0, 0.05) is 12.2 Å². The Kier molecular flexibility index (Phi) is 6.82. The smallest absolute Gasteiger partial charge is 0.311 e. The van der Waals surface area contributed by atoms with Crippen molar-refractivity contribution in [2.45, 2.75) is 38.6 Å². The lowest BCUT2D eigenvalue weighted by Gasteiger charge is -2.47. The molecule has 0 radical (unpaired) electrons. The number of carbonyl (C=O) groups is 1. The lowest BCUT2D eigenvalue weighted by atomic mass is 9.61. The van der Waals surface area contributed by atoms with Gasteiger partial charge >= 0.3 is 5.97 Å². The van der Waals surface area contributed by atoms with Crippen LogP contribution in [-0.2, 0) is 19.0 Å². The average molecular weight is 609 g/mol. The summed E-state index contributed by atoms with van der Waals surface area (Å²) in [7, 11) is 0. The van der Waals surface area contributed by atoms with Crippen molar-refractivity contribution in [2.24, 2.45) is 17.8 Å². The molecule has 0 saturated heterocycles. The third-order valence-corrected chi connectivity index (χ3v) is 9.29. The van der Waals surface area contributed by atoms with Crippen LogP contribution in [0.5, 0.6) is 0 Å². The van der Waals surface area contributed by atoms with Crippen LogP contribution in [0.25, 0.3) is 33.1 Å². The van der Waals surface area contributed by atoms with Crippen LogP contribution in [0.15, 0.2) is 53.9 Å². The molecule has 3 aliphatic carbocycles. The van der Waals surface area contributed by atoms with E-state index in [-0.39, 0.29) is 58.9 Å². The van der Waals surface area contributed by atoms with E-state index in [1.807, 2.05) is 11.4 Å². The molecule has 42 heavy (non-hydrogen) atoms. The minimum atomic E-state index is -0.588. The Morgan fingerprint density at radius 1 is 1.24 bits per heavy atom. The second-order valence-corrected chi connectivity index (χ2v) is 12.0. The summed E-state index contributed by atoms with van der Waals surface area (Å²) < 4.78 is 32.7. The third kappa shape index (κ3) is 4.78. The number of carbonyl (C=O) groups excluding carboxylic acids is 1. The van der Waals surface area contributed by atoms with Crippen LogP contribution in [-0.4, -0.2) is 43.5 Å². The van der Waals surface area contributed by atoms with E-state index in [1.165, 1.54) is 17.5 Å². The number of fused-ring (bicyclic) bond motifs is 4. The monoisotopic (exact) mass is 608 g/mol. The molecule has 5 heterocycles. The first-order chi connectivity index (χ1) is 20.4.